The molecule has 2 heterocycles. The van der Waals surface area contributed by atoms with Crippen LogP contribution in [0.5, 0.6) is 0 Å². The van der Waals surface area contributed by atoms with E-state index < -0.39 is 17.6 Å². The predicted molar refractivity (Wildman–Crippen MR) is 115 cm³/mol. The van der Waals surface area contributed by atoms with Crippen molar-refractivity contribution in [1.29, 1.82) is 0 Å². The quantitative estimate of drug-likeness (QED) is 0.571. The average Bonchev–Trinajstić information content (AvgIpc) is 3.08. The lowest BCUT2D eigenvalue weighted by Gasteiger charge is -2.33. The van der Waals surface area contributed by atoms with Gasteiger partial charge in [-0.3, -0.25) is 9.36 Å². The molecule has 1 aromatic carbocycles. The summed E-state index contributed by atoms with van der Waals surface area (Å²) in [5, 5.41) is 2.79. The molecule has 2 aromatic heterocycles. The van der Waals surface area contributed by atoms with Gasteiger partial charge in [0.25, 0.3) is 5.91 Å². The molecule has 1 amide bonds. The van der Waals surface area contributed by atoms with Gasteiger partial charge >= 0.3 is 11.9 Å². The number of carbonyl (C=O) groups excluding carboxylic acids is 1. The van der Waals surface area contributed by atoms with Crippen LogP contribution in [0.3, 0.4) is 0 Å². The van der Waals surface area contributed by atoms with Crippen molar-refractivity contribution in [1.82, 2.24) is 19.9 Å². The molecule has 1 aliphatic carbocycles. The van der Waals surface area contributed by atoms with Crippen molar-refractivity contribution in [2.24, 2.45) is 5.92 Å². The maximum Gasteiger partial charge on any atom is 0.416 e. The van der Waals surface area contributed by atoms with Crippen LogP contribution in [0.15, 0.2) is 41.3 Å². The minimum absolute atomic E-state index is 0.0241. The van der Waals surface area contributed by atoms with Crippen molar-refractivity contribution < 1.29 is 18.0 Å². The number of aromatic nitrogens is 3. The second-order valence-electron chi connectivity index (χ2n) is 8.19. The Bertz CT molecular complexity index is 1200. The van der Waals surface area contributed by atoms with Crippen LogP contribution in [-0.4, -0.2) is 26.5 Å². The van der Waals surface area contributed by atoms with Crippen molar-refractivity contribution in [3.8, 4) is 0 Å². The molecule has 1 unspecified atom stereocenters. The Labute approximate surface area is 186 Å². The van der Waals surface area contributed by atoms with E-state index in [1.54, 1.807) is 22.9 Å². The fourth-order valence-electron chi connectivity index (χ4n) is 4.43. The average molecular weight is 467 g/mol. The Morgan fingerprint density at radius 3 is 2.66 bits per heavy atom. The van der Waals surface area contributed by atoms with Crippen molar-refractivity contribution >= 4 is 28.7 Å². The number of carbonyl (C=O) groups is 1. The molecule has 1 saturated carbocycles. The molecule has 32 heavy (non-hydrogen) atoms. The summed E-state index contributed by atoms with van der Waals surface area (Å²) >= 11 is 5.97. The number of amides is 1. The van der Waals surface area contributed by atoms with Crippen molar-refractivity contribution in [2.75, 3.05) is 0 Å². The molecule has 0 saturated heterocycles. The molecule has 6 nitrogen and oxygen atoms in total. The number of H-pyrrole nitrogens is 1. The highest BCUT2D eigenvalue weighted by Crippen LogP contribution is 2.34. The van der Waals surface area contributed by atoms with Crippen LogP contribution >= 0.6 is 11.6 Å². The van der Waals surface area contributed by atoms with Gasteiger partial charge in [-0.25, -0.2) is 9.78 Å². The van der Waals surface area contributed by atoms with Gasteiger partial charge in [-0.2, -0.15) is 13.2 Å². The third-order valence-electron chi connectivity index (χ3n) is 6.21. The van der Waals surface area contributed by atoms with Gasteiger partial charge < -0.3 is 10.3 Å². The van der Waals surface area contributed by atoms with Crippen LogP contribution in [-0.2, 0) is 6.18 Å². The predicted octanol–water partition coefficient (Wildman–Crippen LogP) is 4.95. The number of halogens is 4. The van der Waals surface area contributed by atoms with E-state index in [1.165, 1.54) is 0 Å². The first-order valence-electron chi connectivity index (χ1n) is 10.4. The second-order valence-corrected chi connectivity index (χ2v) is 8.60. The third kappa shape index (κ3) is 4.39. The van der Waals surface area contributed by atoms with E-state index in [-0.39, 0.29) is 34.3 Å². The number of benzene rings is 1. The van der Waals surface area contributed by atoms with Gasteiger partial charge in [0.15, 0.2) is 5.65 Å². The van der Waals surface area contributed by atoms with Crippen molar-refractivity contribution in [2.45, 2.75) is 50.9 Å². The first-order chi connectivity index (χ1) is 15.1. The fraction of sp³-hybridized carbons (Fsp3) is 0.409. The highest BCUT2D eigenvalue weighted by Gasteiger charge is 2.33. The van der Waals surface area contributed by atoms with Crippen LogP contribution in [0.2, 0.25) is 5.02 Å². The van der Waals surface area contributed by atoms with Crippen LogP contribution in [0.4, 0.5) is 13.2 Å². The number of imidazole rings is 1. The molecule has 10 heteroatoms. The van der Waals surface area contributed by atoms with Gasteiger partial charge in [-0.15, -0.1) is 0 Å². The summed E-state index contributed by atoms with van der Waals surface area (Å²) in [6, 6.07) is 6.03. The molecular formula is C22H22ClF3N4O2. The number of nitrogens with one attached hydrogen (secondary N) is 2. The number of fused-ring (bicyclic) bond motifs is 1. The summed E-state index contributed by atoms with van der Waals surface area (Å²) in [6.45, 7) is 1.98. The van der Waals surface area contributed by atoms with Gasteiger partial charge in [0.2, 0.25) is 0 Å². The number of alkyl halides is 3. The van der Waals surface area contributed by atoms with Gasteiger partial charge in [-0.1, -0.05) is 11.6 Å². The summed E-state index contributed by atoms with van der Waals surface area (Å²) in [7, 11) is 0. The molecule has 4 rings (SSSR count). The zero-order chi connectivity index (χ0) is 23.0. The maximum atomic E-state index is 13.0. The standard InChI is InChI=1S/C22H22ClF3N4O2/c1-12(30-19-18(29-21(30)32)3-2-10-27-19)13-4-7-15(8-5-13)28-20(31)16-11-14(22(24,25)26)6-9-17(16)23/h2-3,6,9-13,15H,4-5,7-8H2,1H3,(H,28,31)(H,29,32)/t12?,13-,15-. The highest BCUT2D eigenvalue weighted by molar-refractivity contribution is 6.33. The van der Waals surface area contributed by atoms with E-state index >= 15 is 0 Å². The summed E-state index contributed by atoms with van der Waals surface area (Å²) < 4.78 is 40.6. The zero-order valence-corrected chi connectivity index (χ0v) is 18.0. The summed E-state index contributed by atoms with van der Waals surface area (Å²) in [5.41, 5.74) is -0.0144. The third-order valence-corrected chi connectivity index (χ3v) is 6.54. The number of aromatic amines is 1. The molecule has 0 aliphatic heterocycles. The van der Waals surface area contributed by atoms with Gasteiger partial charge in [0, 0.05) is 18.3 Å². The van der Waals surface area contributed by atoms with Crippen LogP contribution in [0, 0.1) is 5.92 Å². The minimum atomic E-state index is -4.55. The Morgan fingerprint density at radius 2 is 1.97 bits per heavy atom. The molecule has 1 fully saturated rings. The Hall–Kier alpha value is -2.81. The van der Waals surface area contributed by atoms with Gasteiger partial charge in [-0.05, 0) is 68.9 Å². The molecular weight excluding hydrogens is 445 g/mol. The van der Waals surface area contributed by atoms with Crippen LogP contribution in [0.25, 0.3) is 11.2 Å². The zero-order valence-electron chi connectivity index (χ0n) is 17.2. The summed E-state index contributed by atoms with van der Waals surface area (Å²) in [5.74, 6) is -0.409. The molecule has 1 aliphatic rings. The van der Waals surface area contributed by atoms with Gasteiger partial charge in [0.05, 0.1) is 21.7 Å². The number of hydrogen-bond acceptors (Lipinski definition) is 3. The molecule has 0 radical (unpaired) electrons. The molecule has 0 bridgehead atoms. The molecule has 0 spiro atoms. The monoisotopic (exact) mass is 466 g/mol. The number of pyridine rings is 1. The molecule has 2 N–H and O–H groups in total. The Balaban J connectivity index is 1.42. The topological polar surface area (TPSA) is 79.8 Å². The van der Waals surface area contributed by atoms with E-state index in [0.29, 0.717) is 24.0 Å². The number of hydrogen-bond donors (Lipinski definition) is 2. The summed E-state index contributed by atoms with van der Waals surface area (Å²) in [4.78, 5) is 32.2. The Kier molecular flexibility index (Phi) is 6.03. The lowest BCUT2D eigenvalue weighted by Crippen LogP contribution is -2.39. The summed E-state index contributed by atoms with van der Waals surface area (Å²) in [6.07, 6.45) is -0.0835. The second kappa shape index (κ2) is 8.61. The molecule has 170 valence electrons. The molecule has 3 aromatic rings. The SMILES string of the molecule is CC([C@H]1CC[C@H](NC(=O)c2cc(C(F)(F)F)ccc2Cl)CC1)n1c(=O)[nH]c2cccnc21. The van der Waals surface area contributed by atoms with Crippen molar-refractivity contribution in [3.05, 3.63) is 63.2 Å². The Morgan fingerprint density at radius 1 is 1.25 bits per heavy atom. The lowest BCUT2D eigenvalue weighted by atomic mass is 9.82. The first-order valence-corrected chi connectivity index (χ1v) is 10.8. The van der Waals surface area contributed by atoms with E-state index in [4.69, 9.17) is 11.6 Å². The first kappa shape index (κ1) is 22.4. The van der Waals surface area contributed by atoms with Crippen LogP contribution < -0.4 is 11.0 Å². The lowest BCUT2D eigenvalue weighted by molar-refractivity contribution is -0.137. The maximum absolute atomic E-state index is 13.0. The largest absolute Gasteiger partial charge is 0.416 e. The minimum Gasteiger partial charge on any atom is -0.349 e. The molecule has 1 atom stereocenters. The van der Waals surface area contributed by atoms with Crippen molar-refractivity contribution in [3.63, 3.8) is 0 Å². The fourth-order valence-corrected chi connectivity index (χ4v) is 4.63. The normalized spacial score (nSPS) is 20.3. The van der Waals surface area contributed by atoms with E-state index in [0.717, 1.165) is 31.0 Å². The smallest absolute Gasteiger partial charge is 0.349 e. The number of nitrogens with zero attached hydrogens (tertiary/aromatic N) is 2. The number of rotatable bonds is 4. The van der Waals surface area contributed by atoms with E-state index in [9.17, 15) is 22.8 Å². The van der Waals surface area contributed by atoms with E-state index in [2.05, 4.69) is 15.3 Å². The van der Waals surface area contributed by atoms with Gasteiger partial charge in [0.1, 0.15) is 0 Å². The highest BCUT2D eigenvalue weighted by atomic mass is 35.5. The van der Waals surface area contributed by atoms with E-state index in [1.807, 2.05) is 6.92 Å². The van der Waals surface area contributed by atoms with Crippen LogP contribution in [0.1, 0.15) is 54.6 Å².